The zero-order valence-electron chi connectivity index (χ0n) is 16.9. The molecule has 0 fully saturated rings. The molecule has 1 amide bonds. The maximum Gasteiger partial charge on any atom is 0.295 e. The summed E-state index contributed by atoms with van der Waals surface area (Å²) >= 11 is 0. The number of carbonyl (C=O) groups is 2. The molecule has 154 valence electrons. The molecule has 0 aromatic heterocycles. The fourth-order valence-corrected chi connectivity index (χ4v) is 3.44. The van der Waals surface area contributed by atoms with E-state index in [0.717, 1.165) is 5.56 Å². The van der Waals surface area contributed by atoms with E-state index in [9.17, 15) is 18.4 Å². The number of hydrogen-bond donors (Lipinski definition) is 0. The van der Waals surface area contributed by atoms with Crippen molar-refractivity contribution in [2.75, 3.05) is 0 Å². The molecule has 0 spiro atoms. The molecule has 0 aliphatic carbocycles. The molecular formula is C25H23F2NO2. The van der Waals surface area contributed by atoms with Gasteiger partial charge < -0.3 is 4.90 Å². The van der Waals surface area contributed by atoms with Crippen LogP contribution in [-0.4, -0.2) is 16.6 Å². The lowest BCUT2D eigenvalue weighted by atomic mass is 9.99. The van der Waals surface area contributed by atoms with Gasteiger partial charge in [-0.2, -0.15) is 0 Å². The van der Waals surface area contributed by atoms with Crippen molar-refractivity contribution in [3.05, 3.63) is 107 Å². The Morgan fingerprint density at radius 1 is 0.900 bits per heavy atom. The maximum absolute atomic E-state index is 13.7. The third kappa shape index (κ3) is 4.98. The van der Waals surface area contributed by atoms with E-state index in [1.165, 1.54) is 29.2 Å². The normalized spacial score (nSPS) is 11.7. The summed E-state index contributed by atoms with van der Waals surface area (Å²) in [7, 11) is 0. The van der Waals surface area contributed by atoms with Gasteiger partial charge in [-0.05, 0) is 48.7 Å². The van der Waals surface area contributed by atoms with E-state index in [2.05, 4.69) is 0 Å². The van der Waals surface area contributed by atoms with Gasteiger partial charge >= 0.3 is 0 Å². The smallest absolute Gasteiger partial charge is 0.295 e. The van der Waals surface area contributed by atoms with Crippen LogP contribution in [0.4, 0.5) is 8.78 Å². The predicted molar refractivity (Wildman–Crippen MR) is 112 cm³/mol. The number of Topliss-reactive ketones (excluding diaryl/α,β-unsaturated/α-hetero) is 1. The molecule has 5 heteroatoms. The Labute approximate surface area is 175 Å². The topological polar surface area (TPSA) is 37.4 Å². The van der Waals surface area contributed by atoms with Crippen LogP contribution in [0.15, 0.2) is 72.8 Å². The monoisotopic (exact) mass is 407 g/mol. The van der Waals surface area contributed by atoms with Crippen LogP contribution in [0.5, 0.6) is 0 Å². The molecule has 3 nitrogen and oxygen atoms in total. The lowest BCUT2D eigenvalue weighted by molar-refractivity contribution is -0.129. The first kappa shape index (κ1) is 21.4. The minimum atomic E-state index is -0.681. The second-order valence-electron chi connectivity index (χ2n) is 7.23. The maximum atomic E-state index is 13.7. The van der Waals surface area contributed by atoms with Gasteiger partial charge in [0, 0.05) is 12.1 Å². The molecule has 1 unspecified atom stereocenters. The van der Waals surface area contributed by atoms with Gasteiger partial charge in [-0.25, -0.2) is 8.78 Å². The number of rotatable bonds is 7. The van der Waals surface area contributed by atoms with Crippen molar-refractivity contribution in [1.29, 1.82) is 0 Å². The molecule has 1 atom stereocenters. The molecule has 0 aliphatic heterocycles. The standard InChI is InChI=1S/C25H23F2NO2/c1-3-23(19-11-13-21(26)14-12-19)28(16-18-5-4-6-22(27)15-18)25(30)24(29)20-9-7-17(2)8-10-20/h4-15,23H,3,16H2,1-2H3. The molecule has 0 bridgehead atoms. The largest absolute Gasteiger partial charge is 0.324 e. The number of hydrogen-bond acceptors (Lipinski definition) is 2. The third-order valence-corrected chi connectivity index (χ3v) is 5.03. The van der Waals surface area contributed by atoms with E-state index >= 15 is 0 Å². The fraction of sp³-hybridized carbons (Fsp3) is 0.200. The van der Waals surface area contributed by atoms with E-state index in [4.69, 9.17) is 0 Å². The Balaban J connectivity index is 1.98. The van der Waals surface area contributed by atoms with Crippen LogP contribution in [0.1, 0.15) is 46.4 Å². The summed E-state index contributed by atoms with van der Waals surface area (Å²) in [6.07, 6.45) is 0.508. The number of carbonyl (C=O) groups excluding carboxylic acids is 2. The van der Waals surface area contributed by atoms with Crippen LogP contribution in [0.3, 0.4) is 0 Å². The van der Waals surface area contributed by atoms with Gasteiger partial charge in [0.1, 0.15) is 11.6 Å². The van der Waals surface area contributed by atoms with Crippen LogP contribution in [0.2, 0.25) is 0 Å². The Kier molecular flexibility index (Phi) is 6.72. The van der Waals surface area contributed by atoms with Crippen molar-refractivity contribution < 1.29 is 18.4 Å². The van der Waals surface area contributed by atoms with Gasteiger partial charge in [0.2, 0.25) is 5.78 Å². The van der Waals surface area contributed by atoms with Gasteiger partial charge in [0.15, 0.2) is 0 Å². The Bertz CT molecular complexity index is 1030. The highest BCUT2D eigenvalue weighted by atomic mass is 19.1. The van der Waals surface area contributed by atoms with E-state index < -0.39 is 23.5 Å². The Morgan fingerprint density at radius 2 is 1.57 bits per heavy atom. The van der Waals surface area contributed by atoms with Gasteiger partial charge in [-0.15, -0.1) is 0 Å². The summed E-state index contributed by atoms with van der Waals surface area (Å²) in [6, 6.07) is 18.1. The van der Waals surface area contributed by atoms with Crippen LogP contribution in [-0.2, 0) is 11.3 Å². The SMILES string of the molecule is CCC(c1ccc(F)cc1)N(Cc1cccc(F)c1)C(=O)C(=O)c1ccc(C)cc1. The van der Waals surface area contributed by atoms with E-state index in [0.29, 0.717) is 23.1 Å². The fourth-order valence-electron chi connectivity index (χ4n) is 3.44. The summed E-state index contributed by atoms with van der Waals surface area (Å²) in [4.78, 5) is 27.6. The van der Waals surface area contributed by atoms with Gasteiger partial charge in [0.25, 0.3) is 5.91 Å². The number of aryl methyl sites for hydroxylation is 1. The lowest BCUT2D eigenvalue weighted by Gasteiger charge is -2.31. The quantitative estimate of drug-likeness (QED) is 0.376. The molecule has 0 heterocycles. The second kappa shape index (κ2) is 9.44. The van der Waals surface area contributed by atoms with Crippen LogP contribution in [0, 0.1) is 18.6 Å². The highest BCUT2D eigenvalue weighted by molar-refractivity contribution is 6.42. The first-order valence-corrected chi connectivity index (χ1v) is 9.81. The minimum Gasteiger partial charge on any atom is -0.324 e. The third-order valence-electron chi connectivity index (χ3n) is 5.03. The summed E-state index contributed by atoms with van der Waals surface area (Å²) in [6.45, 7) is 3.84. The molecule has 3 rings (SSSR count). The zero-order valence-corrected chi connectivity index (χ0v) is 16.9. The van der Waals surface area contributed by atoms with Gasteiger partial charge in [-0.3, -0.25) is 9.59 Å². The lowest BCUT2D eigenvalue weighted by Crippen LogP contribution is -2.39. The van der Waals surface area contributed by atoms with E-state index in [-0.39, 0.29) is 12.4 Å². The molecule has 3 aromatic rings. The van der Waals surface area contributed by atoms with Crippen molar-refractivity contribution in [1.82, 2.24) is 4.90 Å². The average molecular weight is 407 g/mol. The zero-order chi connectivity index (χ0) is 21.7. The van der Waals surface area contributed by atoms with E-state index in [1.807, 2.05) is 13.8 Å². The van der Waals surface area contributed by atoms with Crippen molar-refractivity contribution >= 4 is 11.7 Å². The highest BCUT2D eigenvalue weighted by Crippen LogP contribution is 2.27. The highest BCUT2D eigenvalue weighted by Gasteiger charge is 2.29. The predicted octanol–water partition coefficient (Wildman–Crippen LogP) is 5.64. The van der Waals surface area contributed by atoms with Crippen LogP contribution in [0.25, 0.3) is 0 Å². The number of halogens is 2. The molecule has 0 aliphatic rings. The minimum absolute atomic E-state index is 0.0596. The number of nitrogens with zero attached hydrogens (tertiary/aromatic N) is 1. The van der Waals surface area contributed by atoms with Crippen molar-refractivity contribution in [3.63, 3.8) is 0 Å². The van der Waals surface area contributed by atoms with E-state index in [1.54, 1.807) is 48.5 Å². The molecule has 3 aromatic carbocycles. The summed E-state index contributed by atoms with van der Waals surface area (Å²) < 4.78 is 27.1. The summed E-state index contributed by atoms with van der Waals surface area (Å²) in [5.41, 5.74) is 2.55. The van der Waals surface area contributed by atoms with Crippen molar-refractivity contribution in [2.24, 2.45) is 0 Å². The first-order chi connectivity index (χ1) is 14.4. The Hall–Kier alpha value is -3.34. The molecule has 30 heavy (non-hydrogen) atoms. The van der Waals surface area contributed by atoms with Gasteiger partial charge in [0.05, 0.1) is 6.04 Å². The van der Waals surface area contributed by atoms with Crippen molar-refractivity contribution in [2.45, 2.75) is 32.9 Å². The van der Waals surface area contributed by atoms with Gasteiger partial charge in [-0.1, -0.05) is 61.0 Å². The molecule has 0 N–H and O–H groups in total. The number of amides is 1. The molecule has 0 saturated heterocycles. The number of benzene rings is 3. The number of ketones is 1. The summed E-state index contributed by atoms with van der Waals surface area (Å²) in [5.74, 6) is -2.11. The van der Waals surface area contributed by atoms with Crippen LogP contribution < -0.4 is 0 Å². The molecule has 0 radical (unpaired) electrons. The van der Waals surface area contributed by atoms with Crippen LogP contribution >= 0.6 is 0 Å². The molecule has 0 saturated carbocycles. The average Bonchev–Trinajstić information content (AvgIpc) is 2.74. The first-order valence-electron chi connectivity index (χ1n) is 9.81. The molecular weight excluding hydrogens is 384 g/mol. The Morgan fingerprint density at radius 3 is 2.17 bits per heavy atom. The second-order valence-corrected chi connectivity index (χ2v) is 7.23. The van der Waals surface area contributed by atoms with Crippen molar-refractivity contribution in [3.8, 4) is 0 Å². The summed E-state index contributed by atoms with van der Waals surface area (Å²) in [5, 5.41) is 0.